The number of nitrogens with zero attached hydrogens (tertiary/aromatic N) is 1. The third-order valence-electron chi connectivity index (χ3n) is 8.97. The van der Waals surface area contributed by atoms with E-state index < -0.39 is 0 Å². The average Bonchev–Trinajstić information content (AvgIpc) is 3.12. The van der Waals surface area contributed by atoms with Crippen molar-refractivity contribution in [3.8, 4) is 5.75 Å². The normalized spacial score (nSPS) is 26.1. The molecular weight excluding hydrogens is 412 g/mol. The highest BCUT2D eigenvalue weighted by Gasteiger charge is 2.53. The minimum Gasteiger partial charge on any atom is -0.494 e. The van der Waals surface area contributed by atoms with Crippen LogP contribution >= 0.6 is 0 Å². The van der Waals surface area contributed by atoms with Crippen LogP contribution in [0.15, 0.2) is 18.2 Å². The summed E-state index contributed by atoms with van der Waals surface area (Å²) in [6.45, 7) is 11.3. The summed E-state index contributed by atoms with van der Waals surface area (Å²) in [5, 5.41) is 3.11. The zero-order chi connectivity index (χ0) is 23.4. The van der Waals surface area contributed by atoms with Crippen LogP contribution in [-0.4, -0.2) is 41.9 Å². The lowest BCUT2D eigenvalue weighted by Gasteiger charge is -2.54. The number of nitrogens with one attached hydrogen (secondary N) is 1. The SMILES string of the molecule is CCOc1ccc(C(C)(C)C)cc1C1CC2(CCN(C(=O)[C@H]3C[C@]4(CCC(=O)N4)C3)CC2)C1. The van der Waals surface area contributed by atoms with Gasteiger partial charge in [0.05, 0.1) is 6.61 Å². The van der Waals surface area contributed by atoms with Gasteiger partial charge in [0.1, 0.15) is 5.75 Å². The molecule has 2 heterocycles. The van der Waals surface area contributed by atoms with Crippen LogP contribution in [0.1, 0.15) is 96.1 Å². The minimum absolute atomic E-state index is 0.0600. The van der Waals surface area contributed by atoms with Gasteiger partial charge in [-0.3, -0.25) is 9.59 Å². The number of hydrogen-bond donors (Lipinski definition) is 1. The molecule has 2 aliphatic heterocycles. The smallest absolute Gasteiger partial charge is 0.225 e. The van der Waals surface area contributed by atoms with Gasteiger partial charge in [0.15, 0.2) is 0 Å². The number of piperidine rings is 1. The molecule has 1 aromatic carbocycles. The molecule has 180 valence electrons. The van der Waals surface area contributed by atoms with E-state index in [4.69, 9.17) is 4.74 Å². The maximum Gasteiger partial charge on any atom is 0.225 e. The van der Waals surface area contributed by atoms with Gasteiger partial charge >= 0.3 is 0 Å². The molecule has 2 spiro atoms. The summed E-state index contributed by atoms with van der Waals surface area (Å²) >= 11 is 0. The summed E-state index contributed by atoms with van der Waals surface area (Å²) in [7, 11) is 0. The largest absolute Gasteiger partial charge is 0.494 e. The Balaban J connectivity index is 1.17. The number of amides is 2. The highest BCUT2D eigenvalue weighted by Crippen LogP contribution is 2.58. The fourth-order valence-electron chi connectivity index (χ4n) is 6.83. The fraction of sp³-hybridized carbons (Fsp3) is 0.714. The van der Waals surface area contributed by atoms with Crippen molar-refractivity contribution in [2.75, 3.05) is 19.7 Å². The highest BCUT2D eigenvalue weighted by atomic mass is 16.5. The first-order chi connectivity index (χ1) is 15.6. The van der Waals surface area contributed by atoms with E-state index in [1.165, 1.54) is 24.0 Å². The molecular formula is C28H40N2O3. The number of hydrogen-bond acceptors (Lipinski definition) is 3. The monoisotopic (exact) mass is 452 g/mol. The quantitative estimate of drug-likeness (QED) is 0.705. The molecule has 0 bridgehead atoms. The molecule has 1 aromatic rings. The summed E-state index contributed by atoms with van der Waals surface area (Å²) in [5.41, 5.74) is 3.22. The number of ether oxygens (including phenoxy) is 1. The first-order valence-electron chi connectivity index (χ1n) is 13.0. The Kier molecular flexibility index (Phi) is 5.53. The van der Waals surface area contributed by atoms with Crippen LogP contribution in [0.5, 0.6) is 5.75 Å². The first kappa shape index (κ1) is 22.7. The van der Waals surface area contributed by atoms with Crippen molar-refractivity contribution in [3.63, 3.8) is 0 Å². The zero-order valence-corrected chi connectivity index (χ0v) is 20.8. The Labute approximate surface area is 198 Å². The van der Waals surface area contributed by atoms with E-state index in [0.717, 1.165) is 50.9 Å². The standard InChI is InChI=1S/C28H40N2O3/c1-5-33-23-7-6-21(26(2,3)4)14-22(23)19-15-27(16-19)10-12-30(13-11-27)25(32)20-17-28(18-20)9-8-24(31)29-28/h6-7,14,19-20H,5,8-13,15-18H2,1-4H3,(H,29,31)/t20-,28+. The average molecular weight is 453 g/mol. The number of benzene rings is 1. The summed E-state index contributed by atoms with van der Waals surface area (Å²) < 4.78 is 6.00. The molecule has 5 nitrogen and oxygen atoms in total. The van der Waals surface area contributed by atoms with Crippen LogP contribution in [0.2, 0.25) is 0 Å². The first-order valence-corrected chi connectivity index (χ1v) is 13.0. The third-order valence-corrected chi connectivity index (χ3v) is 8.97. The Morgan fingerprint density at radius 3 is 2.39 bits per heavy atom. The molecule has 4 aliphatic rings. The summed E-state index contributed by atoms with van der Waals surface area (Å²) in [6, 6.07) is 6.77. The van der Waals surface area contributed by atoms with Gasteiger partial charge in [-0.1, -0.05) is 32.9 Å². The Hall–Kier alpha value is -2.04. The van der Waals surface area contributed by atoms with E-state index in [0.29, 0.717) is 30.3 Å². The van der Waals surface area contributed by atoms with Crippen LogP contribution in [-0.2, 0) is 15.0 Å². The Morgan fingerprint density at radius 1 is 1.12 bits per heavy atom. The molecule has 0 radical (unpaired) electrons. The van der Waals surface area contributed by atoms with Crippen molar-refractivity contribution >= 4 is 11.8 Å². The lowest BCUT2D eigenvalue weighted by atomic mass is 9.55. The molecule has 2 aliphatic carbocycles. The number of rotatable bonds is 4. The van der Waals surface area contributed by atoms with E-state index in [1.807, 2.05) is 0 Å². The van der Waals surface area contributed by atoms with E-state index in [1.54, 1.807) is 0 Å². The van der Waals surface area contributed by atoms with Crippen LogP contribution < -0.4 is 10.1 Å². The van der Waals surface area contributed by atoms with E-state index in [9.17, 15) is 9.59 Å². The third kappa shape index (κ3) is 4.17. The van der Waals surface area contributed by atoms with Crippen molar-refractivity contribution < 1.29 is 14.3 Å². The predicted molar refractivity (Wildman–Crippen MR) is 129 cm³/mol. The lowest BCUT2D eigenvalue weighted by molar-refractivity contribution is -0.145. The number of carbonyl (C=O) groups excluding carboxylic acids is 2. The molecule has 0 unspecified atom stereocenters. The number of carbonyl (C=O) groups is 2. The second-order valence-electron chi connectivity index (χ2n) is 12.3. The van der Waals surface area contributed by atoms with Gasteiger partial charge in [0.2, 0.25) is 11.8 Å². The second-order valence-corrected chi connectivity index (χ2v) is 12.3. The van der Waals surface area contributed by atoms with Crippen LogP contribution in [0, 0.1) is 11.3 Å². The molecule has 5 heteroatoms. The molecule has 1 N–H and O–H groups in total. The molecule has 33 heavy (non-hydrogen) atoms. The summed E-state index contributed by atoms with van der Waals surface area (Å²) in [5.74, 6) is 2.20. The van der Waals surface area contributed by atoms with Crippen molar-refractivity contribution in [1.82, 2.24) is 10.2 Å². The van der Waals surface area contributed by atoms with Crippen molar-refractivity contribution in [2.45, 2.75) is 95.9 Å². The molecule has 2 amide bonds. The van der Waals surface area contributed by atoms with E-state index in [-0.39, 0.29) is 22.8 Å². The Morgan fingerprint density at radius 2 is 1.82 bits per heavy atom. The zero-order valence-electron chi connectivity index (χ0n) is 20.8. The molecule has 2 saturated heterocycles. The molecule has 2 saturated carbocycles. The summed E-state index contributed by atoms with van der Waals surface area (Å²) in [4.78, 5) is 26.7. The van der Waals surface area contributed by atoms with Gasteiger partial charge in [0.25, 0.3) is 0 Å². The topological polar surface area (TPSA) is 58.6 Å². The maximum atomic E-state index is 13.0. The molecule has 0 atom stereocenters. The van der Waals surface area contributed by atoms with Crippen molar-refractivity contribution in [3.05, 3.63) is 29.3 Å². The van der Waals surface area contributed by atoms with Crippen LogP contribution in [0.3, 0.4) is 0 Å². The highest BCUT2D eigenvalue weighted by molar-refractivity contribution is 5.83. The summed E-state index contributed by atoms with van der Waals surface area (Å²) in [6.07, 6.45) is 7.86. The fourth-order valence-corrected chi connectivity index (χ4v) is 6.83. The lowest BCUT2D eigenvalue weighted by Crippen LogP contribution is -2.58. The Bertz CT molecular complexity index is 925. The van der Waals surface area contributed by atoms with Gasteiger partial charge in [0, 0.05) is 31.0 Å². The minimum atomic E-state index is -0.0600. The maximum absolute atomic E-state index is 13.0. The van der Waals surface area contributed by atoms with E-state index >= 15 is 0 Å². The van der Waals surface area contributed by atoms with Gasteiger partial charge in [-0.2, -0.15) is 0 Å². The van der Waals surface area contributed by atoms with Gasteiger partial charge in [-0.25, -0.2) is 0 Å². The number of likely N-dealkylation sites (tertiary alicyclic amines) is 1. The van der Waals surface area contributed by atoms with Crippen LogP contribution in [0.4, 0.5) is 0 Å². The molecule has 0 aromatic heterocycles. The second kappa shape index (κ2) is 8.02. The molecule has 5 rings (SSSR count). The van der Waals surface area contributed by atoms with Gasteiger partial charge < -0.3 is 15.0 Å². The van der Waals surface area contributed by atoms with Crippen molar-refractivity contribution in [2.24, 2.45) is 11.3 Å². The molecule has 4 fully saturated rings. The van der Waals surface area contributed by atoms with E-state index in [2.05, 4.69) is 56.1 Å². The van der Waals surface area contributed by atoms with Crippen LogP contribution in [0.25, 0.3) is 0 Å². The van der Waals surface area contributed by atoms with Gasteiger partial charge in [-0.15, -0.1) is 0 Å². The predicted octanol–water partition coefficient (Wildman–Crippen LogP) is 4.93. The van der Waals surface area contributed by atoms with Crippen molar-refractivity contribution in [1.29, 1.82) is 0 Å². The van der Waals surface area contributed by atoms with Gasteiger partial charge in [-0.05, 0) is 85.8 Å².